The number of nitrogens with zero attached hydrogens (tertiary/aromatic N) is 3. The van der Waals surface area contributed by atoms with Crippen LogP contribution in [0.4, 0.5) is 4.79 Å². The van der Waals surface area contributed by atoms with Crippen molar-refractivity contribution in [2.24, 2.45) is 0 Å². The maximum absolute atomic E-state index is 12.9. The van der Waals surface area contributed by atoms with Crippen molar-refractivity contribution < 1.29 is 19.1 Å². The molecule has 1 fully saturated rings. The van der Waals surface area contributed by atoms with E-state index in [0.717, 1.165) is 16.7 Å². The Morgan fingerprint density at radius 1 is 1.32 bits per heavy atom. The average molecular weight is 404 g/mol. The van der Waals surface area contributed by atoms with Crippen LogP contribution in [0.5, 0.6) is 0 Å². The number of fused-ring (bicyclic) bond motifs is 1. The van der Waals surface area contributed by atoms with E-state index in [1.165, 1.54) is 11.7 Å². The summed E-state index contributed by atoms with van der Waals surface area (Å²) in [6.45, 7) is 2.46. The summed E-state index contributed by atoms with van der Waals surface area (Å²) in [6, 6.07) is 6.46. The van der Waals surface area contributed by atoms with Gasteiger partial charge in [0.15, 0.2) is 5.16 Å². The summed E-state index contributed by atoms with van der Waals surface area (Å²) in [7, 11) is 1.28. The molecule has 1 aliphatic heterocycles. The number of ether oxygens (including phenoxy) is 1. The molecule has 0 saturated carbocycles. The molecule has 1 aliphatic rings. The van der Waals surface area contributed by atoms with Crippen molar-refractivity contribution in [2.45, 2.75) is 30.3 Å². The van der Waals surface area contributed by atoms with Crippen molar-refractivity contribution in [3.63, 3.8) is 0 Å². The molecule has 28 heavy (non-hydrogen) atoms. The second-order valence-corrected chi connectivity index (χ2v) is 7.48. The van der Waals surface area contributed by atoms with Gasteiger partial charge < -0.3 is 10.1 Å². The van der Waals surface area contributed by atoms with E-state index in [2.05, 4.69) is 15.0 Å². The second kappa shape index (κ2) is 8.42. The molecule has 1 aromatic carbocycles. The fourth-order valence-electron chi connectivity index (χ4n) is 2.85. The quantitative estimate of drug-likeness (QED) is 0.434. The number of nitrogens with one attached hydrogen (secondary N) is 1. The van der Waals surface area contributed by atoms with E-state index >= 15 is 0 Å². The zero-order valence-corrected chi connectivity index (χ0v) is 16.3. The lowest BCUT2D eigenvalue weighted by molar-refractivity contribution is -0.140. The molecule has 0 bridgehead atoms. The lowest BCUT2D eigenvalue weighted by Crippen LogP contribution is -2.39. The van der Waals surface area contributed by atoms with Gasteiger partial charge >= 0.3 is 12.0 Å². The van der Waals surface area contributed by atoms with Gasteiger partial charge in [-0.2, -0.15) is 0 Å². The number of thioether (sulfide) groups is 1. The number of aromatic nitrogens is 2. The number of urea groups is 1. The first-order valence-electron chi connectivity index (χ1n) is 8.74. The van der Waals surface area contributed by atoms with Gasteiger partial charge in [-0.3, -0.25) is 23.9 Å². The maximum Gasteiger partial charge on any atom is 0.324 e. The van der Waals surface area contributed by atoms with E-state index in [4.69, 9.17) is 0 Å². The molecule has 3 amide bonds. The summed E-state index contributed by atoms with van der Waals surface area (Å²) in [4.78, 5) is 54.4. The van der Waals surface area contributed by atoms with Crippen molar-refractivity contribution in [3.05, 3.63) is 34.6 Å². The molecule has 0 radical (unpaired) electrons. The largest absolute Gasteiger partial charge is 0.469 e. The molecule has 0 aliphatic carbocycles. The standard InChI is InChI=1S/C18H20N4O5S/c1-11(15(24)21-10-8-19-17(21)26)28-18-20-13-6-4-3-5-12(13)16(25)22(18)9-7-14(23)27-2/h3-6,11H,7-10H2,1-2H3,(H,19,26). The molecule has 9 nitrogen and oxygen atoms in total. The van der Waals surface area contributed by atoms with E-state index in [-0.39, 0.29) is 24.4 Å². The number of rotatable bonds is 6. The van der Waals surface area contributed by atoms with Crippen molar-refractivity contribution in [1.82, 2.24) is 19.8 Å². The third-order valence-corrected chi connectivity index (χ3v) is 5.42. The summed E-state index contributed by atoms with van der Waals surface area (Å²) in [5.41, 5.74) is 0.207. The lowest BCUT2D eigenvalue weighted by Gasteiger charge is -2.19. The number of hydrogen-bond donors (Lipinski definition) is 1. The summed E-state index contributed by atoms with van der Waals surface area (Å²) in [6.07, 6.45) is 0.000839. The van der Waals surface area contributed by atoms with Gasteiger partial charge in [0.05, 0.1) is 29.7 Å². The third kappa shape index (κ3) is 4.01. The number of hydrogen-bond acceptors (Lipinski definition) is 7. The van der Waals surface area contributed by atoms with E-state index in [1.54, 1.807) is 31.2 Å². The van der Waals surface area contributed by atoms with Crippen LogP contribution in [0.3, 0.4) is 0 Å². The zero-order valence-electron chi connectivity index (χ0n) is 15.5. The van der Waals surface area contributed by atoms with Gasteiger partial charge in [-0.1, -0.05) is 23.9 Å². The summed E-state index contributed by atoms with van der Waals surface area (Å²) in [5.74, 6) is -0.809. The summed E-state index contributed by atoms with van der Waals surface area (Å²) < 4.78 is 6.02. The number of benzene rings is 1. The normalized spacial score (nSPS) is 14.8. The zero-order chi connectivity index (χ0) is 20.3. The Hall–Kier alpha value is -2.88. The molecule has 0 spiro atoms. The van der Waals surface area contributed by atoms with Crippen LogP contribution < -0.4 is 10.9 Å². The van der Waals surface area contributed by atoms with Gasteiger partial charge in [0.25, 0.3) is 5.56 Å². The number of methoxy groups -OCH3 is 1. The predicted molar refractivity (Wildman–Crippen MR) is 103 cm³/mol. The van der Waals surface area contributed by atoms with Crippen LogP contribution in [-0.4, -0.2) is 57.8 Å². The number of amides is 3. The molecule has 10 heteroatoms. The van der Waals surface area contributed by atoms with Crippen molar-refractivity contribution in [2.75, 3.05) is 20.2 Å². The minimum absolute atomic E-state index is 0.000839. The number of imide groups is 1. The average Bonchev–Trinajstić information content (AvgIpc) is 3.12. The van der Waals surface area contributed by atoms with E-state index in [1.807, 2.05) is 0 Å². The molecule has 1 atom stereocenters. The molecule has 1 aromatic heterocycles. The van der Waals surface area contributed by atoms with E-state index in [9.17, 15) is 19.2 Å². The molecule has 1 unspecified atom stereocenters. The SMILES string of the molecule is COC(=O)CCn1c(SC(C)C(=O)N2CCNC2=O)nc2ccccc2c1=O. The molecule has 148 valence electrons. The topological polar surface area (TPSA) is 111 Å². The van der Waals surface area contributed by atoms with Crippen LogP contribution in [0.15, 0.2) is 34.2 Å². The third-order valence-electron chi connectivity index (χ3n) is 4.35. The monoisotopic (exact) mass is 404 g/mol. The molecule has 2 heterocycles. The van der Waals surface area contributed by atoms with Crippen molar-refractivity contribution in [1.29, 1.82) is 0 Å². The number of carbonyl (C=O) groups is 3. The molecule has 1 saturated heterocycles. The fourth-order valence-corrected chi connectivity index (χ4v) is 3.85. The molecule has 2 aromatic rings. The smallest absolute Gasteiger partial charge is 0.324 e. The van der Waals surface area contributed by atoms with E-state index < -0.39 is 17.3 Å². The Kier molecular flexibility index (Phi) is 5.98. The first-order chi connectivity index (χ1) is 13.4. The number of para-hydroxylation sites is 1. The Morgan fingerprint density at radius 3 is 2.75 bits per heavy atom. The first-order valence-corrected chi connectivity index (χ1v) is 9.62. The maximum atomic E-state index is 12.9. The van der Waals surface area contributed by atoms with Gasteiger partial charge in [0.2, 0.25) is 5.91 Å². The van der Waals surface area contributed by atoms with Gasteiger partial charge in [-0.15, -0.1) is 0 Å². The highest BCUT2D eigenvalue weighted by molar-refractivity contribution is 8.00. The predicted octanol–water partition coefficient (Wildman–Crippen LogP) is 0.992. The second-order valence-electron chi connectivity index (χ2n) is 6.18. The molecule has 1 N–H and O–H groups in total. The first kappa shape index (κ1) is 19.9. The summed E-state index contributed by atoms with van der Waals surface area (Å²) in [5, 5.41) is 2.69. The molecular weight excluding hydrogens is 384 g/mol. The van der Waals surface area contributed by atoms with Crippen LogP contribution in [0.25, 0.3) is 10.9 Å². The lowest BCUT2D eigenvalue weighted by atomic mass is 10.2. The van der Waals surface area contributed by atoms with Crippen LogP contribution in [-0.2, 0) is 20.9 Å². The van der Waals surface area contributed by atoms with Gasteiger partial charge in [-0.25, -0.2) is 9.78 Å². The van der Waals surface area contributed by atoms with Crippen molar-refractivity contribution in [3.8, 4) is 0 Å². The highest BCUT2D eigenvalue weighted by atomic mass is 32.2. The Labute approximate surface area is 165 Å². The highest BCUT2D eigenvalue weighted by Gasteiger charge is 2.31. The Morgan fingerprint density at radius 2 is 2.07 bits per heavy atom. The molecule has 3 rings (SSSR count). The van der Waals surface area contributed by atoms with Gasteiger partial charge in [0, 0.05) is 19.6 Å². The fraction of sp³-hybridized carbons (Fsp3) is 0.389. The van der Waals surface area contributed by atoms with Crippen LogP contribution >= 0.6 is 11.8 Å². The molecular formula is C18H20N4O5S. The minimum Gasteiger partial charge on any atom is -0.469 e. The van der Waals surface area contributed by atoms with Crippen molar-refractivity contribution >= 4 is 40.6 Å². The van der Waals surface area contributed by atoms with Gasteiger partial charge in [0.1, 0.15) is 0 Å². The number of carbonyl (C=O) groups excluding carboxylic acids is 3. The van der Waals surface area contributed by atoms with Gasteiger partial charge in [-0.05, 0) is 19.1 Å². The Balaban J connectivity index is 1.93. The van der Waals surface area contributed by atoms with Crippen LogP contribution in [0, 0.1) is 0 Å². The highest BCUT2D eigenvalue weighted by Crippen LogP contribution is 2.24. The minimum atomic E-state index is -0.638. The van der Waals surface area contributed by atoms with E-state index in [0.29, 0.717) is 29.1 Å². The summed E-state index contributed by atoms with van der Waals surface area (Å²) >= 11 is 1.08. The van der Waals surface area contributed by atoms with Crippen LogP contribution in [0.1, 0.15) is 13.3 Å². The Bertz CT molecular complexity index is 990. The number of esters is 1. The van der Waals surface area contributed by atoms with Crippen LogP contribution in [0.2, 0.25) is 0 Å².